The van der Waals surface area contributed by atoms with Crippen LogP contribution >= 0.6 is 0 Å². The molecule has 7 aromatic carbocycles. The van der Waals surface area contributed by atoms with E-state index in [2.05, 4.69) is 143 Å². The van der Waals surface area contributed by atoms with E-state index in [4.69, 9.17) is 19.9 Å². The van der Waals surface area contributed by atoms with Gasteiger partial charge in [0.2, 0.25) is 5.95 Å². The van der Waals surface area contributed by atoms with Crippen molar-refractivity contribution in [2.24, 2.45) is 0 Å². The molecule has 262 valence electrons. The monoisotopic (exact) mass is 716 g/mol. The minimum absolute atomic E-state index is 0.569. The molecule has 11 rings (SSSR count). The Hall–Kier alpha value is -7.70. The molecule has 0 aliphatic carbocycles. The van der Waals surface area contributed by atoms with E-state index in [9.17, 15) is 0 Å². The first kappa shape index (κ1) is 31.8. The van der Waals surface area contributed by atoms with Crippen LogP contribution in [0.4, 0.5) is 0 Å². The number of pyridine rings is 1. The van der Waals surface area contributed by atoms with Crippen LogP contribution in [0.1, 0.15) is 0 Å². The van der Waals surface area contributed by atoms with Crippen molar-refractivity contribution >= 4 is 43.7 Å². The van der Waals surface area contributed by atoms with E-state index in [0.29, 0.717) is 17.6 Å². The highest BCUT2D eigenvalue weighted by molar-refractivity contribution is 6.13. The number of rotatable bonds is 6. The maximum absolute atomic E-state index is 5.44. The summed E-state index contributed by atoms with van der Waals surface area (Å²) >= 11 is 0. The Labute approximate surface area is 322 Å². The van der Waals surface area contributed by atoms with E-state index in [1.807, 2.05) is 60.7 Å². The average molecular weight is 717 g/mol. The van der Waals surface area contributed by atoms with E-state index >= 15 is 0 Å². The number of benzene rings is 7. The zero-order valence-electron chi connectivity index (χ0n) is 30.2. The second-order valence-electron chi connectivity index (χ2n) is 13.9. The van der Waals surface area contributed by atoms with E-state index in [0.717, 1.165) is 71.8 Å². The molecule has 11 aromatic rings. The summed E-state index contributed by atoms with van der Waals surface area (Å²) in [7, 11) is 0. The summed E-state index contributed by atoms with van der Waals surface area (Å²) in [6, 6.07) is 67.3. The minimum Gasteiger partial charge on any atom is -0.307 e. The third-order valence-corrected chi connectivity index (χ3v) is 10.6. The molecule has 0 radical (unpaired) electrons. The maximum Gasteiger partial charge on any atom is 0.238 e. The highest BCUT2D eigenvalue weighted by Crippen LogP contribution is 2.39. The van der Waals surface area contributed by atoms with E-state index < -0.39 is 0 Å². The van der Waals surface area contributed by atoms with Crippen molar-refractivity contribution in [1.29, 1.82) is 0 Å². The van der Waals surface area contributed by atoms with E-state index in [1.165, 1.54) is 11.1 Å². The number of nitrogens with zero attached hydrogens (tertiary/aromatic N) is 6. The lowest BCUT2D eigenvalue weighted by molar-refractivity contribution is 0.953. The molecule has 0 atom stereocenters. The highest BCUT2D eigenvalue weighted by atomic mass is 15.2. The quantitative estimate of drug-likeness (QED) is 0.172. The maximum atomic E-state index is 5.44. The van der Waals surface area contributed by atoms with Crippen molar-refractivity contribution in [3.8, 4) is 56.8 Å². The zero-order chi connectivity index (χ0) is 37.0. The fraction of sp³-hybridized carbons (Fsp3) is 0. The molecule has 0 bridgehead atoms. The van der Waals surface area contributed by atoms with Crippen LogP contribution in [0.5, 0.6) is 0 Å². The van der Waals surface area contributed by atoms with Gasteiger partial charge in [-0.1, -0.05) is 152 Å². The lowest BCUT2D eigenvalue weighted by Gasteiger charge is -2.11. The van der Waals surface area contributed by atoms with Crippen molar-refractivity contribution in [3.63, 3.8) is 0 Å². The Bertz CT molecular complexity index is 3170. The second-order valence-corrected chi connectivity index (χ2v) is 13.9. The molecular weight excluding hydrogens is 685 g/mol. The Morgan fingerprint density at radius 3 is 1.61 bits per heavy atom. The van der Waals surface area contributed by atoms with Crippen LogP contribution in [0.15, 0.2) is 194 Å². The smallest absolute Gasteiger partial charge is 0.238 e. The number of para-hydroxylation sites is 3. The van der Waals surface area contributed by atoms with Gasteiger partial charge in [-0.2, -0.15) is 9.97 Å². The molecule has 0 aliphatic rings. The molecule has 4 aromatic heterocycles. The van der Waals surface area contributed by atoms with Crippen molar-refractivity contribution in [2.75, 3.05) is 0 Å². The van der Waals surface area contributed by atoms with Gasteiger partial charge in [0.05, 0.1) is 33.3 Å². The van der Waals surface area contributed by atoms with Gasteiger partial charge in [-0.3, -0.25) is 4.57 Å². The summed E-state index contributed by atoms with van der Waals surface area (Å²) in [6.07, 6.45) is 0. The predicted octanol–water partition coefficient (Wildman–Crippen LogP) is 12.1. The summed E-state index contributed by atoms with van der Waals surface area (Å²) in [5.74, 6) is 1.82. The van der Waals surface area contributed by atoms with Crippen LogP contribution in [-0.2, 0) is 0 Å². The zero-order valence-corrected chi connectivity index (χ0v) is 30.2. The van der Waals surface area contributed by atoms with Crippen LogP contribution in [0.25, 0.3) is 101 Å². The minimum atomic E-state index is 0.569. The summed E-state index contributed by atoms with van der Waals surface area (Å²) in [5.41, 5.74) is 12.5. The largest absolute Gasteiger partial charge is 0.307 e. The third kappa shape index (κ3) is 5.19. The lowest BCUT2D eigenvalue weighted by atomic mass is 10.0. The molecule has 0 N–H and O–H groups in total. The standard InChI is InChI=1S/C50H32N6/c1-5-16-33(17-6-1)38-25-15-26-40-46-45(55(47(38)40)37-22-11-4-12-23-37)31-29-42(51-46)36-28-30-44-41(32-36)39-24-13-14-27-43(39)56(44)50-53-48(34-18-7-2-8-19-34)52-49(54-50)35-20-9-3-10-21-35/h1-32H. The molecular formula is C50H32N6. The molecule has 0 saturated carbocycles. The summed E-state index contributed by atoms with van der Waals surface area (Å²) < 4.78 is 4.51. The van der Waals surface area contributed by atoms with Gasteiger partial charge in [-0.15, -0.1) is 0 Å². The number of hydrogen-bond donors (Lipinski definition) is 0. The van der Waals surface area contributed by atoms with E-state index in [1.54, 1.807) is 0 Å². The molecule has 6 nitrogen and oxygen atoms in total. The van der Waals surface area contributed by atoms with Crippen LogP contribution < -0.4 is 0 Å². The summed E-state index contributed by atoms with van der Waals surface area (Å²) in [6.45, 7) is 0. The Morgan fingerprint density at radius 2 is 0.911 bits per heavy atom. The van der Waals surface area contributed by atoms with Gasteiger partial charge >= 0.3 is 0 Å². The fourth-order valence-corrected chi connectivity index (χ4v) is 8.03. The first-order chi connectivity index (χ1) is 27.8. The van der Waals surface area contributed by atoms with Crippen molar-refractivity contribution in [1.82, 2.24) is 29.1 Å². The van der Waals surface area contributed by atoms with Gasteiger partial charge in [0.25, 0.3) is 0 Å². The molecule has 0 amide bonds. The normalized spacial score (nSPS) is 11.6. The van der Waals surface area contributed by atoms with Crippen molar-refractivity contribution in [3.05, 3.63) is 194 Å². The van der Waals surface area contributed by atoms with Gasteiger partial charge in [-0.05, 0) is 48.0 Å². The molecule has 0 saturated heterocycles. The number of hydrogen-bond acceptors (Lipinski definition) is 4. The Morgan fingerprint density at radius 1 is 0.339 bits per heavy atom. The van der Waals surface area contributed by atoms with Crippen LogP contribution in [-0.4, -0.2) is 29.1 Å². The molecule has 0 spiro atoms. The highest BCUT2D eigenvalue weighted by Gasteiger charge is 2.21. The van der Waals surface area contributed by atoms with Crippen LogP contribution in [0.3, 0.4) is 0 Å². The summed E-state index contributed by atoms with van der Waals surface area (Å²) in [4.78, 5) is 20.6. The van der Waals surface area contributed by atoms with Crippen molar-refractivity contribution < 1.29 is 0 Å². The molecule has 56 heavy (non-hydrogen) atoms. The first-order valence-electron chi connectivity index (χ1n) is 18.7. The SMILES string of the molecule is c1ccc(-c2nc(-c3ccccc3)nc(-n3c4ccccc4c4cc(-c5ccc6c(n5)c5cccc(-c7ccccc7)c5n6-c5ccccc5)ccc43)n2)cc1. The molecule has 0 aliphatic heterocycles. The number of fused-ring (bicyclic) bond motifs is 6. The van der Waals surface area contributed by atoms with Gasteiger partial charge in [0.15, 0.2) is 11.6 Å². The second kappa shape index (κ2) is 13.0. The van der Waals surface area contributed by atoms with E-state index in [-0.39, 0.29) is 0 Å². The first-order valence-corrected chi connectivity index (χ1v) is 18.7. The van der Waals surface area contributed by atoms with Gasteiger partial charge in [0.1, 0.15) is 0 Å². The molecule has 0 unspecified atom stereocenters. The number of aromatic nitrogens is 6. The Balaban J connectivity index is 1.11. The van der Waals surface area contributed by atoms with Gasteiger partial charge in [0, 0.05) is 44.1 Å². The molecule has 6 heteroatoms. The average Bonchev–Trinajstić information content (AvgIpc) is 3.80. The summed E-state index contributed by atoms with van der Waals surface area (Å²) in [5, 5.41) is 3.32. The lowest BCUT2D eigenvalue weighted by Crippen LogP contribution is -2.06. The Kier molecular flexibility index (Phi) is 7.38. The topological polar surface area (TPSA) is 61.4 Å². The molecule has 0 fully saturated rings. The van der Waals surface area contributed by atoms with Crippen LogP contribution in [0, 0.1) is 0 Å². The van der Waals surface area contributed by atoms with Crippen LogP contribution in [0.2, 0.25) is 0 Å². The third-order valence-electron chi connectivity index (χ3n) is 10.6. The van der Waals surface area contributed by atoms with Gasteiger partial charge < -0.3 is 4.57 Å². The predicted molar refractivity (Wildman–Crippen MR) is 228 cm³/mol. The van der Waals surface area contributed by atoms with Crippen molar-refractivity contribution in [2.45, 2.75) is 0 Å². The fourth-order valence-electron chi connectivity index (χ4n) is 8.03. The van der Waals surface area contributed by atoms with Gasteiger partial charge in [-0.25, -0.2) is 9.97 Å². The molecule has 4 heterocycles.